The first-order valence-electron chi connectivity index (χ1n) is 6.82. The van der Waals surface area contributed by atoms with E-state index in [1.165, 1.54) is 36.3 Å². The summed E-state index contributed by atoms with van der Waals surface area (Å²) in [6.07, 6.45) is 3.78. The van der Waals surface area contributed by atoms with E-state index in [9.17, 15) is 5.11 Å². The molecule has 2 atom stereocenters. The van der Waals surface area contributed by atoms with Crippen molar-refractivity contribution >= 4 is 23.5 Å². The van der Waals surface area contributed by atoms with Crippen LogP contribution < -0.4 is 0 Å². The maximum Gasteiger partial charge on any atom is 0.0916 e. The zero-order chi connectivity index (χ0) is 12.4. The molecule has 0 radical (unpaired) electrons. The third kappa shape index (κ3) is 2.73. The van der Waals surface area contributed by atoms with E-state index in [1.54, 1.807) is 0 Å². The van der Waals surface area contributed by atoms with Crippen molar-refractivity contribution in [2.75, 3.05) is 17.3 Å². The Bertz CT molecular complexity index is 380. The normalized spacial score (nSPS) is 26.6. The molecule has 1 saturated heterocycles. The van der Waals surface area contributed by atoms with Gasteiger partial charge in [0.25, 0.3) is 0 Å². The lowest BCUT2D eigenvalue weighted by Gasteiger charge is -2.28. The minimum absolute atomic E-state index is 0.293. The van der Waals surface area contributed by atoms with Crippen LogP contribution in [0.25, 0.3) is 0 Å². The maximum absolute atomic E-state index is 10.4. The van der Waals surface area contributed by atoms with E-state index in [0.717, 1.165) is 17.2 Å². The van der Waals surface area contributed by atoms with Gasteiger partial charge in [-0.05, 0) is 29.9 Å². The summed E-state index contributed by atoms with van der Waals surface area (Å²) < 4.78 is 0. The summed E-state index contributed by atoms with van der Waals surface area (Å²) in [4.78, 5) is 0. The van der Waals surface area contributed by atoms with E-state index < -0.39 is 0 Å². The Kier molecular flexibility index (Phi) is 4.22. The van der Waals surface area contributed by atoms with E-state index in [0.29, 0.717) is 5.25 Å². The molecule has 1 aliphatic heterocycles. The minimum atomic E-state index is -0.293. The Balaban J connectivity index is 1.67. The van der Waals surface area contributed by atoms with Crippen molar-refractivity contribution in [2.24, 2.45) is 0 Å². The van der Waals surface area contributed by atoms with Crippen molar-refractivity contribution in [3.63, 3.8) is 0 Å². The standard InChI is InChI=1S/C15H20OS2/c16-15(14-10-17-8-9-18-14)13-6-4-12(5-7-13)11-2-1-3-11/h4-7,11,14-16H,1-3,8-10H2. The molecule has 1 N–H and O–H groups in total. The van der Waals surface area contributed by atoms with Gasteiger partial charge in [0.15, 0.2) is 0 Å². The fraction of sp³-hybridized carbons (Fsp3) is 0.600. The summed E-state index contributed by atoms with van der Waals surface area (Å²) in [6.45, 7) is 0. The third-order valence-electron chi connectivity index (χ3n) is 4.05. The van der Waals surface area contributed by atoms with Gasteiger partial charge in [0, 0.05) is 22.5 Å². The Morgan fingerprint density at radius 2 is 1.89 bits per heavy atom. The lowest BCUT2D eigenvalue weighted by molar-refractivity contribution is 0.180. The van der Waals surface area contributed by atoms with Crippen LogP contribution in [-0.4, -0.2) is 27.6 Å². The van der Waals surface area contributed by atoms with Gasteiger partial charge in [-0.25, -0.2) is 0 Å². The number of hydrogen-bond donors (Lipinski definition) is 1. The molecule has 0 aromatic heterocycles. The second kappa shape index (κ2) is 5.89. The Morgan fingerprint density at radius 3 is 2.44 bits per heavy atom. The van der Waals surface area contributed by atoms with Gasteiger partial charge in [-0.1, -0.05) is 30.7 Å². The van der Waals surface area contributed by atoms with Crippen LogP contribution >= 0.6 is 23.5 Å². The predicted molar refractivity (Wildman–Crippen MR) is 81.6 cm³/mol. The zero-order valence-electron chi connectivity index (χ0n) is 10.5. The lowest BCUT2D eigenvalue weighted by Crippen LogP contribution is -2.22. The van der Waals surface area contributed by atoms with Crippen LogP contribution in [0.5, 0.6) is 0 Å². The average molecular weight is 280 g/mol. The summed E-state index contributed by atoms with van der Waals surface area (Å²) in [5.41, 5.74) is 2.56. The molecule has 1 nitrogen and oxygen atoms in total. The Morgan fingerprint density at radius 1 is 1.11 bits per heavy atom. The van der Waals surface area contributed by atoms with Crippen molar-refractivity contribution in [1.82, 2.24) is 0 Å². The van der Waals surface area contributed by atoms with Gasteiger partial charge in [-0.3, -0.25) is 0 Å². The molecular weight excluding hydrogens is 260 g/mol. The third-order valence-corrected chi connectivity index (χ3v) is 6.90. The predicted octanol–water partition coefficient (Wildman–Crippen LogP) is 3.84. The summed E-state index contributed by atoms with van der Waals surface area (Å²) in [5, 5.41) is 10.8. The highest BCUT2D eigenvalue weighted by molar-refractivity contribution is 8.06. The number of rotatable bonds is 3. The van der Waals surface area contributed by atoms with Crippen LogP contribution in [0.1, 0.15) is 42.4 Å². The quantitative estimate of drug-likeness (QED) is 0.908. The number of hydrogen-bond acceptors (Lipinski definition) is 3. The molecular formula is C15H20OS2. The minimum Gasteiger partial charge on any atom is -0.387 e. The highest BCUT2D eigenvalue weighted by Gasteiger charge is 2.25. The first kappa shape index (κ1) is 12.9. The molecule has 2 fully saturated rings. The van der Waals surface area contributed by atoms with Crippen molar-refractivity contribution in [1.29, 1.82) is 0 Å². The number of thioether (sulfide) groups is 2. The lowest BCUT2D eigenvalue weighted by atomic mass is 9.80. The first-order chi connectivity index (χ1) is 8.84. The fourth-order valence-electron chi connectivity index (χ4n) is 2.61. The van der Waals surface area contributed by atoms with Gasteiger partial charge in [0.1, 0.15) is 0 Å². The van der Waals surface area contributed by atoms with Gasteiger partial charge in [0.2, 0.25) is 0 Å². The maximum atomic E-state index is 10.4. The second-order valence-corrected chi connectivity index (χ2v) is 7.72. The number of aliphatic hydroxyl groups excluding tert-OH is 1. The molecule has 0 bridgehead atoms. The van der Waals surface area contributed by atoms with Crippen LogP contribution in [0.4, 0.5) is 0 Å². The molecule has 1 aromatic rings. The molecule has 0 amide bonds. The van der Waals surface area contributed by atoms with E-state index in [-0.39, 0.29) is 6.10 Å². The first-order valence-corrected chi connectivity index (χ1v) is 9.02. The van der Waals surface area contributed by atoms with Crippen LogP contribution in [-0.2, 0) is 0 Å². The molecule has 2 unspecified atom stereocenters. The zero-order valence-corrected chi connectivity index (χ0v) is 12.2. The summed E-state index contributed by atoms with van der Waals surface area (Å²) in [7, 11) is 0. The molecule has 1 heterocycles. The molecule has 18 heavy (non-hydrogen) atoms. The van der Waals surface area contributed by atoms with Crippen LogP contribution in [0.15, 0.2) is 24.3 Å². The molecule has 1 aromatic carbocycles. The molecule has 3 heteroatoms. The van der Waals surface area contributed by atoms with Gasteiger partial charge >= 0.3 is 0 Å². The van der Waals surface area contributed by atoms with E-state index in [1.807, 2.05) is 23.5 Å². The van der Waals surface area contributed by atoms with Crippen LogP contribution in [0, 0.1) is 0 Å². The van der Waals surface area contributed by atoms with Crippen molar-refractivity contribution in [3.8, 4) is 0 Å². The number of benzene rings is 1. The molecule has 3 rings (SSSR count). The summed E-state index contributed by atoms with van der Waals surface area (Å²) in [6, 6.07) is 8.72. The van der Waals surface area contributed by atoms with Crippen molar-refractivity contribution < 1.29 is 5.11 Å². The van der Waals surface area contributed by atoms with Crippen LogP contribution in [0.3, 0.4) is 0 Å². The fourth-order valence-corrected chi connectivity index (χ4v) is 5.36. The highest BCUT2D eigenvalue weighted by Crippen LogP contribution is 2.38. The molecule has 1 aliphatic carbocycles. The van der Waals surface area contributed by atoms with Crippen molar-refractivity contribution in [2.45, 2.75) is 36.5 Å². The largest absolute Gasteiger partial charge is 0.387 e. The molecule has 2 aliphatic rings. The topological polar surface area (TPSA) is 20.2 Å². The molecule has 0 spiro atoms. The summed E-state index contributed by atoms with van der Waals surface area (Å²) in [5.74, 6) is 4.27. The van der Waals surface area contributed by atoms with Crippen molar-refractivity contribution in [3.05, 3.63) is 35.4 Å². The monoisotopic (exact) mass is 280 g/mol. The SMILES string of the molecule is OC(c1ccc(C2CCC2)cc1)C1CSCCS1. The smallest absolute Gasteiger partial charge is 0.0916 e. The van der Waals surface area contributed by atoms with E-state index >= 15 is 0 Å². The highest BCUT2D eigenvalue weighted by atomic mass is 32.2. The van der Waals surface area contributed by atoms with Gasteiger partial charge < -0.3 is 5.11 Å². The van der Waals surface area contributed by atoms with E-state index in [2.05, 4.69) is 24.3 Å². The summed E-state index contributed by atoms with van der Waals surface area (Å²) >= 11 is 3.89. The Hall–Kier alpha value is -0.120. The van der Waals surface area contributed by atoms with Gasteiger partial charge in [-0.2, -0.15) is 23.5 Å². The second-order valence-electron chi connectivity index (χ2n) is 5.22. The van der Waals surface area contributed by atoms with Gasteiger partial charge in [0.05, 0.1) is 6.10 Å². The molecule has 1 saturated carbocycles. The van der Waals surface area contributed by atoms with Gasteiger partial charge in [-0.15, -0.1) is 0 Å². The average Bonchev–Trinajstić information content (AvgIpc) is 2.38. The van der Waals surface area contributed by atoms with Crippen LogP contribution in [0.2, 0.25) is 0 Å². The Labute approximate surface area is 118 Å². The molecule has 98 valence electrons. The number of aliphatic hydroxyl groups is 1. The van der Waals surface area contributed by atoms with E-state index in [4.69, 9.17) is 0 Å².